The number of aromatic nitrogens is 3. The molecule has 0 fully saturated rings. The van der Waals surface area contributed by atoms with Gasteiger partial charge in [-0.25, -0.2) is 4.39 Å². The number of pyridine rings is 1. The molecule has 3 N–H and O–H groups in total. The van der Waals surface area contributed by atoms with E-state index < -0.39 is 23.7 Å². The lowest BCUT2D eigenvalue weighted by Gasteiger charge is -2.20. The molecular formula is C18H16FN7O2. The molecule has 4 rings (SSSR count). The maximum Gasteiger partial charge on any atom is 0.267 e. The Morgan fingerprint density at radius 3 is 2.71 bits per heavy atom. The van der Waals surface area contributed by atoms with E-state index in [1.54, 1.807) is 16.7 Å². The van der Waals surface area contributed by atoms with Crippen LogP contribution in [0.15, 0.2) is 53.8 Å². The Balaban J connectivity index is 1.51. The highest BCUT2D eigenvalue weighted by Gasteiger charge is 2.35. The molecule has 1 atom stereocenters. The van der Waals surface area contributed by atoms with Gasteiger partial charge < -0.3 is 11.1 Å². The summed E-state index contributed by atoms with van der Waals surface area (Å²) in [5.74, 6) is -0.923. The third kappa shape index (κ3) is 3.27. The van der Waals surface area contributed by atoms with Gasteiger partial charge in [-0.2, -0.15) is 5.10 Å². The summed E-state index contributed by atoms with van der Waals surface area (Å²) in [5, 5.41) is 16.4. The van der Waals surface area contributed by atoms with Gasteiger partial charge in [-0.1, -0.05) is 6.07 Å². The zero-order chi connectivity index (χ0) is 19.7. The van der Waals surface area contributed by atoms with Crippen LogP contribution in [0.1, 0.15) is 12.2 Å². The summed E-state index contributed by atoms with van der Waals surface area (Å²) in [6.07, 6.45) is 1.85. The van der Waals surface area contributed by atoms with Gasteiger partial charge in [0.2, 0.25) is 5.91 Å². The number of nitrogens with two attached hydrogens (primary N) is 1. The Bertz CT molecular complexity index is 1080. The second-order valence-electron chi connectivity index (χ2n) is 6.22. The molecule has 10 heteroatoms. The molecule has 3 heterocycles. The largest absolute Gasteiger partial charge is 0.368 e. The van der Waals surface area contributed by atoms with Crippen LogP contribution in [0, 0.1) is 5.82 Å². The average molecular weight is 381 g/mol. The molecule has 0 spiro atoms. The molecule has 0 aliphatic carbocycles. The number of halogens is 1. The van der Waals surface area contributed by atoms with Gasteiger partial charge in [0.05, 0.1) is 12.2 Å². The zero-order valence-corrected chi connectivity index (χ0v) is 14.6. The number of nitrogens with one attached hydrogen (secondary N) is 1. The van der Waals surface area contributed by atoms with E-state index in [-0.39, 0.29) is 18.7 Å². The van der Waals surface area contributed by atoms with E-state index in [2.05, 4.69) is 20.6 Å². The van der Waals surface area contributed by atoms with Crippen LogP contribution >= 0.6 is 0 Å². The van der Waals surface area contributed by atoms with Crippen molar-refractivity contribution in [2.24, 2.45) is 10.8 Å². The maximum atomic E-state index is 13.2. The molecule has 2 amide bonds. The molecule has 3 aromatic rings. The second kappa shape index (κ2) is 7.06. The zero-order valence-electron chi connectivity index (χ0n) is 14.6. The first-order valence-corrected chi connectivity index (χ1v) is 8.51. The van der Waals surface area contributed by atoms with Crippen LogP contribution in [0.4, 0.5) is 10.1 Å². The molecule has 1 aliphatic heterocycles. The molecule has 28 heavy (non-hydrogen) atoms. The lowest BCUT2D eigenvalue weighted by Crippen LogP contribution is -2.39. The van der Waals surface area contributed by atoms with Crippen LogP contribution in [-0.4, -0.2) is 38.2 Å². The third-order valence-corrected chi connectivity index (χ3v) is 4.38. The van der Waals surface area contributed by atoms with Crippen LogP contribution in [0.25, 0.3) is 5.65 Å². The molecule has 0 bridgehead atoms. The lowest BCUT2D eigenvalue weighted by molar-refractivity contribution is -0.119. The lowest BCUT2D eigenvalue weighted by atomic mass is 10.1. The van der Waals surface area contributed by atoms with Crippen LogP contribution < -0.4 is 16.1 Å². The topological polar surface area (TPSA) is 118 Å². The molecule has 9 nitrogen and oxygen atoms in total. The molecule has 1 aliphatic rings. The normalized spacial score (nSPS) is 16.2. The summed E-state index contributed by atoms with van der Waals surface area (Å²) in [5.41, 5.74) is 6.74. The van der Waals surface area contributed by atoms with E-state index >= 15 is 0 Å². The minimum absolute atomic E-state index is 0.0547. The number of amides is 2. The summed E-state index contributed by atoms with van der Waals surface area (Å²) in [4.78, 5) is 24.3. The first-order valence-electron chi connectivity index (χ1n) is 8.51. The van der Waals surface area contributed by atoms with Gasteiger partial charge >= 0.3 is 0 Å². The number of anilines is 1. The van der Waals surface area contributed by atoms with Crippen molar-refractivity contribution in [3.05, 3.63) is 60.3 Å². The smallest absolute Gasteiger partial charge is 0.267 e. The predicted molar refractivity (Wildman–Crippen MR) is 98.7 cm³/mol. The number of fused-ring (bicyclic) bond motifs is 1. The van der Waals surface area contributed by atoms with E-state index in [9.17, 15) is 14.0 Å². The highest BCUT2D eigenvalue weighted by molar-refractivity contribution is 6.40. The molecule has 2 aromatic heterocycles. The molecule has 0 saturated heterocycles. The fourth-order valence-electron chi connectivity index (χ4n) is 2.97. The van der Waals surface area contributed by atoms with Crippen LogP contribution in [0.3, 0.4) is 0 Å². The first kappa shape index (κ1) is 17.6. The van der Waals surface area contributed by atoms with Gasteiger partial charge in [-0.15, -0.1) is 10.2 Å². The van der Waals surface area contributed by atoms with Crippen molar-refractivity contribution in [2.45, 2.75) is 19.0 Å². The quantitative estimate of drug-likeness (QED) is 0.671. The Kier molecular flexibility index (Phi) is 4.44. The summed E-state index contributed by atoms with van der Waals surface area (Å²) in [6, 6.07) is 10.1. The minimum atomic E-state index is -0.819. The SMILES string of the molecule is NC(=O)[C@H]1CC(C(=O)NCc2nnc3ccccn23)=NN1c1ccc(F)cc1. The summed E-state index contributed by atoms with van der Waals surface area (Å²) < 4.78 is 14.9. The average Bonchev–Trinajstić information content (AvgIpc) is 3.32. The first-order chi connectivity index (χ1) is 13.5. The molecular weight excluding hydrogens is 365 g/mol. The summed E-state index contributed by atoms with van der Waals surface area (Å²) in [7, 11) is 0. The molecule has 0 saturated carbocycles. The highest BCUT2D eigenvalue weighted by Crippen LogP contribution is 2.24. The summed E-state index contributed by atoms with van der Waals surface area (Å²) >= 11 is 0. The number of primary amides is 1. The standard InChI is InChI=1S/C18H16FN7O2/c19-11-4-6-12(7-5-11)26-14(17(20)27)9-13(24-26)18(28)21-10-16-23-22-15-3-1-2-8-25(15)16/h1-8,14H,9-10H2,(H2,20,27)(H,21,28)/t14-/m1/s1. The summed E-state index contributed by atoms with van der Waals surface area (Å²) in [6.45, 7) is 0.140. The number of carbonyl (C=O) groups is 2. The number of carbonyl (C=O) groups excluding carboxylic acids is 2. The Labute approximate surface area is 158 Å². The number of nitrogens with zero attached hydrogens (tertiary/aromatic N) is 5. The van der Waals surface area contributed by atoms with Crippen molar-refractivity contribution in [1.82, 2.24) is 19.9 Å². The van der Waals surface area contributed by atoms with Crippen LogP contribution in [0.5, 0.6) is 0 Å². The van der Waals surface area contributed by atoms with Gasteiger partial charge in [-0.05, 0) is 36.4 Å². The molecule has 0 unspecified atom stereocenters. The van der Waals surface area contributed by atoms with Gasteiger partial charge in [0.15, 0.2) is 11.5 Å². The van der Waals surface area contributed by atoms with Gasteiger partial charge in [0.25, 0.3) is 5.91 Å². The number of benzene rings is 1. The Hall–Kier alpha value is -3.82. The maximum absolute atomic E-state index is 13.2. The fraction of sp³-hybridized carbons (Fsp3) is 0.167. The van der Waals surface area contributed by atoms with Crippen molar-refractivity contribution in [3.63, 3.8) is 0 Å². The van der Waals surface area contributed by atoms with Crippen molar-refractivity contribution in [2.75, 3.05) is 5.01 Å². The molecule has 1 aromatic carbocycles. The number of hydrazone groups is 1. The van der Waals surface area contributed by atoms with Gasteiger partial charge in [-0.3, -0.25) is 19.0 Å². The third-order valence-electron chi connectivity index (χ3n) is 4.38. The van der Waals surface area contributed by atoms with E-state index in [0.717, 1.165) is 0 Å². The number of rotatable bonds is 5. The van der Waals surface area contributed by atoms with Crippen LogP contribution in [0.2, 0.25) is 0 Å². The van der Waals surface area contributed by atoms with Gasteiger partial charge in [0.1, 0.15) is 17.6 Å². The van der Waals surface area contributed by atoms with Crippen LogP contribution in [-0.2, 0) is 16.1 Å². The van der Waals surface area contributed by atoms with Crippen molar-refractivity contribution < 1.29 is 14.0 Å². The van der Waals surface area contributed by atoms with E-state index in [1.807, 2.05) is 12.1 Å². The predicted octanol–water partition coefficient (Wildman–Crippen LogP) is 0.605. The minimum Gasteiger partial charge on any atom is -0.368 e. The Morgan fingerprint density at radius 2 is 1.96 bits per heavy atom. The van der Waals surface area contributed by atoms with E-state index in [0.29, 0.717) is 17.2 Å². The van der Waals surface area contributed by atoms with E-state index in [4.69, 9.17) is 5.73 Å². The van der Waals surface area contributed by atoms with E-state index in [1.165, 1.54) is 29.3 Å². The number of hydrogen-bond acceptors (Lipinski definition) is 6. The monoisotopic (exact) mass is 381 g/mol. The van der Waals surface area contributed by atoms with Crippen molar-refractivity contribution in [3.8, 4) is 0 Å². The molecule has 0 radical (unpaired) electrons. The van der Waals surface area contributed by atoms with Gasteiger partial charge in [0, 0.05) is 12.6 Å². The number of hydrogen-bond donors (Lipinski definition) is 2. The van der Waals surface area contributed by atoms with Crippen molar-refractivity contribution >= 4 is 28.9 Å². The van der Waals surface area contributed by atoms with Crippen molar-refractivity contribution in [1.29, 1.82) is 0 Å². The second-order valence-corrected chi connectivity index (χ2v) is 6.22. The fourth-order valence-corrected chi connectivity index (χ4v) is 2.97. The highest BCUT2D eigenvalue weighted by atomic mass is 19.1. The molecule has 142 valence electrons. The Morgan fingerprint density at radius 1 is 1.18 bits per heavy atom.